The molecule has 2 aliphatic heterocycles. The molecule has 3 rings (SSSR count). The predicted octanol–water partition coefficient (Wildman–Crippen LogP) is 1.20. The van der Waals surface area contributed by atoms with Crippen molar-refractivity contribution in [2.45, 2.75) is 12.8 Å². The highest BCUT2D eigenvalue weighted by Gasteiger charge is 2.40. The fourth-order valence-corrected chi connectivity index (χ4v) is 3.91. The number of amides is 1. The van der Waals surface area contributed by atoms with Gasteiger partial charge in [-0.15, -0.1) is 0 Å². The minimum atomic E-state index is 0.0545. The molecule has 1 aromatic rings. The molecule has 2 aliphatic rings. The number of hydrogen-bond acceptors (Lipinski definition) is 5. The smallest absolute Gasteiger partial charge is 0.255 e. The molecule has 1 amide bonds. The Bertz CT molecular complexity index is 566. The lowest BCUT2D eigenvalue weighted by Crippen LogP contribution is -2.52. The third-order valence-corrected chi connectivity index (χ3v) is 5.24. The van der Waals surface area contributed by atoms with Crippen molar-refractivity contribution in [1.82, 2.24) is 19.7 Å². The van der Waals surface area contributed by atoms with Gasteiger partial charge in [-0.1, -0.05) is 0 Å². The van der Waals surface area contributed by atoms with Crippen LogP contribution in [0.15, 0.2) is 24.5 Å². The van der Waals surface area contributed by atoms with Crippen molar-refractivity contribution < 1.29 is 9.53 Å². The van der Waals surface area contributed by atoms with E-state index < -0.39 is 0 Å². The van der Waals surface area contributed by atoms with Crippen LogP contribution in [0.25, 0.3) is 0 Å². The Morgan fingerprint density at radius 3 is 3.00 bits per heavy atom. The quantitative estimate of drug-likeness (QED) is 0.820. The second kappa shape index (κ2) is 8.25. The molecule has 0 aromatic carbocycles. The van der Waals surface area contributed by atoms with Crippen LogP contribution < -0.4 is 0 Å². The predicted molar refractivity (Wildman–Crippen MR) is 97.6 cm³/mol. The summed E-state index contributed by atoms with van der Waals surface area (Å²) < 4.78 is 5.95. The zero-order chi connectivity index (χ0) is 17.7. The molecular weight excluding hydrogens is 316 g/mol. The lowest BCUT2D eigenvalue weighted by molar-refractivity contribution is 0.00715. The van der Waals surface area contributed by atoms with Gasteiger partial charge in [-0.2, -0.15) is 0 Å². The molecule has 0 aliphatic carbocycles. The summed E-state index contributed by atoms with van der Waals surface area (Å²) >= 11 is 0. The second-order valence-electron chi connectivity index (χ2n) is 7.70. The van der Waals surface area contributed by atoms with E-state index in [1.54, 1.807) is 12.4 Å². The van der Waals surface area contributed by atoms with Crippen LogP contribution in [0, 0.1) is 5.41 Å². The summed E-state index contributed by atoms with van der Waals surface area (Å²) in [6, 6.07) is 3.67. The minimum Gasteiger partial charge on any atom is -0.379 e. The van der Waals surface area contributed by atoms with E-state index in [1.165, 1.54) is 0 Å². The van der Waals surface area contributed by atoms with Gasteiger partial charge in [-0.3, -0.25) is 14.7 Å². The van der Waals surface area contributed by atoms with E-state index in [-0.39, 0.29) is 11.3 Å². The average Bonchev–Trinajstić information content (AvgIpc) is 2.82. The molecule has 0 N–H and O–H groups in total. The Balaban J connectivity index is 1.68. The highest BCUT2D eigenvalue weighted by atomic mass is 16.5. The van der Waals surface area contributed by atoms with Gasteiger partial charge >= 0.3 is 0 Å². The molecular formula is C19H30N4O2. The molecule has 0 radical (unpaired) electrons. The van der Waals surface area contributed by atoms with Crippen LogP contribution >= 0.6 is 0 Å². The monoisotopic (exact) mass is 346 g/mol. The summed E-state index contributed by atoms with van der Waals surface area (Å²) in [4.78, 5) is 23.6. The topological polar surface area (TPSA) is 48.9 Å². The van der Waals surface area contributed by atoms with E-state index in [4.69, 9.17) is 4.74 Å². The van der Waals surface area contributed by atoms with Gasteiger partial charge < -0.3 is 14.5 Å². The van der Waals surface area contributed by atoms with Gasteiger partial charge in [0, 0.05) is 57.1 Å². The van der Waals surface area contributed by atoms with Gasteiger partial charge in [-0.25, -0.2) is 0 Å². The molecule has 3 heterocycles. The number of pyridine rings is 1. The molecule has 2 saturated heterocycles. The van der Waals surface area contributed by atoms with Gasteiger partial charge in [0.05, 0.1) is 18.8 Å². The normalized spacial score (nSPS) is 25.3. The Morgan fingerprint density at radius 2 is 2.24 bits per heavy atom. The summed E-state index contributed by atoms with van der Waals surface area (Å²) in [6.45, 7) is 7.23. The van der Waals surface area contributed by atoms with Crippen LogP contribution in [0.3, 0.4) is 0 Å². The minimum absolute atomic E-state index is 0.0545. The number of piperidine rings is 1. The zero-order valence-corrected chi connectivity index (χ0v) is 15.5. The van der Waals surface area contributed by atoms with E-state index in [2.05, 4.69) is 28.9 Å². The van der Waals surface area contributed by atoms with Crippen LogP contribution in [0.2, 0.25) is 0 Å². The molecule has 0 saturated carbocycles. The van der Waals surface area contributed by atoms with Crippen LogP contribution in [-0.2, 0) is 4.74 Å². The SMILES string of the molecule is CN(C)CCN1CCOCC2(CCCN(C(=O)c3cccnc3)C2)C1. The van der Waals surface area contributed by atoms with Crippen molar-refractivity contribution in [2.75, 3.05) is 66.6 Å². The van der Waals surface area contributed by atoms with Crippen molar-refractivity contribution in [2.24, 2.45) is 5.41 Å². The molecule has 1 aromatic heterocycles. The second-order valence-corrected chi connectivity index (χ2v) is 7.70. The fraction of sp³-hybridized carbons (Fsp3) is 0.684. The zero-order valence-electron chi connectivity index (χ0n) is 15.5. The summed E-state index contributed by atoms with van der Waals surface area (Å²) in [6.07, 6.45) is 5.53. The first kappa shape index (κ1) is 18.3. The first-order valence-corrected chi connectivity index (χ1v) is 9.22. The van der Waals surface area contributed by atoms with E-state index in [0.29, 0.717) is 5.56 Å². The molecule has 6 nitrogen and oxygen atoms in total. The Labute approximate surface area is 150 Å². The molecule has 138 valence electrons. The number of rotatable bonds is 4. The van der Waals surface area contributed by atoms with Crippen LogP contribution in [0.5, 0.6) is 0 Å². The number of ether oxygens (including phenoxy) is 1. The Hall–Kier alpha value is -1.50. The van der Waals surface area contributed by atoms with Crippen LogP contribution in [-0.4, -0.2) is 92.2 Å². The maximum atomic E-state index is 12.8. The number of hydrogen-bond donors (Lipinski definition) is 0. The van der Waals surface area contributed by atoms with Gasteiger partial charge in [0.2, 0.25) is 0 Å². The first-order chi connectivity index (χ1) is 12.1. The summed E-state index contributed by atoms with van der Waals surface area (Å²) in [5.41, 5.74) is 0.734. The number of carbonyl (C=O) groups excluding carboxylic acids is 1. The maximum absolute atomic E-state index is 12.8. The largest absolute Gasteiger partial charge is 0.379 e. The number of likely N-dealkylation sites (N-methyl/N-ethyl adjacent to an activating group) is 1. The molecule has 1 spiro atoms. The van der Waals surface area contributed by atoms with Gasteiger partial charge in [-0.05, 0) is 39.1 Å². The summed E-state index contributed by atoms with van der Waals surface area (Å²) in [7, 11) is 4.22. The summed E-state index contributed by atoms with van der Waals surface area (Å²) in [5, 5.41) is 0. The number of likely N-dealkylation sites (tertiary alicyclic amines) is 1. The molecule has 6 heteroatoms. The van der Waals surface area contributed by atoms with Crippen molar-refractivity contribution >= 4 is 5.91 Å². The third-order valence-electron chi connectivity index (χ3n) is 5.24. The highest BCUT2D eigenvalue weighted by molar-refractivity contribution is 5.93. The van der Waals surface area contributed by atoms with Crippen LogP contribution in [0.4, 0.5) is 0 Å². The Morgan fingerprint density at radius 1 is 1.36 bits per heavy atom. The molecule has 0 bridgehead atoms. The maximum Gasteiger partial charge on any atom is 0.255 e. The van der Waals surface area contributed by atoms with E-state index in [0.717, 1.165) is 65.3 Å². The van der Waals surface area contributed by atoms with E-state index in [1.807, 2.05) is 17.0 Å². The van der Waals surface area contributed by atoms with E-state index >= 15 is 0 Å². The van der Waals surface area contributed by atoms with Gasteiger partial charge in [0.1, 0.15) is 0 Å². The molecule has 2 fully saturated rings. The number of carbonyl (C=O) groups is 1. The standard InChI is InChI=1S/C19H30N4O2/c1-21(2)9-10-22-11-12-25-16-19(14-22)6-4-8-23(15-19)18(24)17-5-3-7-20-13-17/h3,5,7,13H,4,6,8-12,14-16H2,1-2H3. The fourth-order valence-electron chi connectivity index (χ4n) is 3.91. The molecule has 1 unspecified atom stereocenters. The highest BCUT2D eigenvalue weighted by Crippen LogP contribution is 2.33. The summed E-state index contributed by atoms with van der Waals surface area (Å²) in [5.74, 6) is 0.0938. The number of nitrogens with zero attached hydrogens (tertiary/aromatic N) is 4. The third kappa shape index (κ3) is 4.77. The molecule has 1 atom stereocenters. The van der Waals surface area contributed by atoms with Crippen LogP contribution in [0.1, 0.15) is 23.2 Å². The van der Waals surface area contributed by atoms with Crippen molar-refractivity contribution in [3.63, 3.8) is 0 Å². The van der Waals surface area contributed by atoms with Gasteiger partial charge in [0.25, 0.3) is 5.91 Å². The lowest BCUT2D eigenvalue weighted by atomic mass is 9.80. The van der Waals surface area contributed by atoms with Crippen molar-refractivity contribution in [1.29, 1.82) is 0 Å². The number of aromatic nitrogens is 1. The molecule has 25 heavy (non-hydrogen) atoms. The van der Waals surface area contributed by atoms with E-state index in [9.17, 15) is 4.79 Å². The van der Waals surface area contributed by atoms with Crippen molar-refractivity contribution in [3.8, 4) is 0 Å². The first-order valence-electron chi connectivity index (χ1n) is 9.22. The Kier molecular flexibility index (Phi) is 6.04. The lowest BCUT2D eigenvalue weighted by Gasteiger charge is -2.43. The van der Waals surface area contributed by atoms with Crippen molar-refractivity contribution in [3.05, 3.63) is 30.1 Å². The average molecular weight is 346 g/mol. The van der Waals surface area contributed by atoms with Gasteiger partial charge in [0.15, 0.2) is 0 Å².